The Bertz CT molecular complexity index is 1120. The Labute approximate surface area is 211 Å². The number of rotatable bonds is 6. The van der Waals surface area contributed by atoms with Crippen molar-refractivity contribution in [3.8, 4) is 23.0 Å². The number of carbonyl (C=O) groups excluding carboxylic acids is 2. The number of amides is 2. The predicted molar refractivity (Wildman–Crippen MR) is 134 cm³/mol. The lowest BCUT2D eigenvalue weighted by Gasteiger charge is -2.31. The summed E-state index contributed by atoms with van der Waals surface area (Å²) in [4.78, 5) is 30.7. The summed E-state index contributed by atoms with van der Waals surface area (Å²) in [6, 6.07) is 10.9. The number of methoxy groups -OCH3 is 2. The lowest BCUT2D eigenvalue weighted by Crippen LogP contribution is -2.44. The van der Waals surface area contributed by atoms with Gasteiger partial charge in [-0.3, -0.25) is 14.5 Å². The predicted octanol–water partition coefficient (Wildman–Crippen LogP) is 3.04. The number of benzene rings is 2. The third-order valence-corrected chi connectivity index (χ3v) is 7.19. The van der Waals surface area contributed by atoms with Crippen molar-refractivity contribution in [3.05, 3.63) is 42.0 Å². The smallest absolute Gasteiger partial charge is 0.258 e. The fourth-order valence-corrected chi connectivity index (χ4v) is 5.55. The van der Waals surface area contributed by atoms with Crippen LogP contribution >= 0.6 is 0 Å². The molecular formula is C27H33N3O6. The molecule has 0 bridgehead atoms. The molecule has 2 fully saturated rings. The molecule has 2 aromatic rings. The molecule has 0 aromatic heterocycles. The molecule has 36 heavy (non-hydrogen) atoms. The average molecular weight is 496 g/mol. The van der Waals surface area contributed by atoms with Crippen LogP contribution in [0.2, 0.25) is 0 Å². The molecule has 2 saturated heterocycles. The molecular weight excluding hydrogens is 462 g/mol. The van der Waals surface area contributed by atoms with Gasteiger partial charge >= 0.3 is 0 Å². The standard InChI is InChI=1S/C27H33N3O6/c1-33-23-8-5-7-20(26(23)34-2)27(32)30-11-4-3-6-18-15-29(16-21(18)30)17-25(31)28-19-9-10-22-24(14-19)36-13-12-35-22/h5,7-10,14,18,21H,3-4,6,11-13,15-17H2,1-2H3,(H,28,31)/t18-,21+/m0/s1. The molecule has 2 amide bonds. The van der Waals surface area contributed by atoms with Gasteiger partial charge in [-0.15, -0.1) is 0 Å². The number of hydrogen-bond donors (Lipinski definition) is 1. The largest absolute Gasteiger partial charge is 0.493 e. The molecule has 1 N–H and O–H groups in total. The molecule has 2 atom stereocenters. The van der Waals surface area contributed by atoms with Crippen molar-refractivity contribution in [2.45, 2.75) is 25.3 Å². The first-order valence-corrected chi connectivity index (χ1v) is 12.5. The van der Waals surface area contributed by atoms with Crippen LogP contribution in [0.5, 0.6) is 23.0 Å². The second kappa shape index (κ2) is 10.7. The first-order chi connectivity index (χ1) is 17.6. The van der Waals surface area contributed by atoms with E-state index in [1.165, 1.54) is 0 Å². The zero-order valence-electron chi connectivity index (χ0n) is 20.8. The van der Waals surface area contributed by atoms with E-state index in [0.29, 0.717) is 66.5 Å². The van der Waals surface area contributed by atoms with Gasteiger partial charge in [0.1, 0.15) is 13.2 Å². The van der Waals surface area contributed by atoms with E-state index in [0.717, 1.165) is 25.8 Å². The maximum absolute atomic E-state index is 13.7. The van der Waals surface area contributed by atoms with Gasteiger partial charge in [-0.1, -0.05) is 12.5 Å². The minimum absolute atomic E-state index is 0.0507. The molecule has 2 aromatic carbocycles. The first-order valence-electron chi connectivity index (χ1n) is 12.5. The van der Waals surface area contributed by atoms with E-state index < -0.39 is 0 Å². The Balaban J connectivity index is 1.26. The van der Waals surface area contributed by atoms with Crippen LogP contribution in [0.15, 0.2) is 36.4 Å². The number of nitrogens with one attached hydrogen (secondary N) is 1. The quantitative estimate of drug-likeness (QED) is 0.659. The highest BCUT2D eigenvalue weighted by atomic mass is 16.6. The highest BCUT2D eigenvalue weighted by molar-refractivity contribution is 5.98. The molecule has 5 rings (SSSR count). The zero-order valence-corrected chi connectivity index (χ0v) is 20.8. The fraction of sp³-hybridized carbons (Fsp3) is 0.481. The van der Waals surface area contributed by atoms with Crippen LogP contribution in [0.1, 0.15) is 29.6 Å². The van der Waals surface area contributed by atoms with Crippen molar-refractivity contribution in [2.75, 3.05) is 58.9 Å². The minimum Gasteiger partial charge on any atom is -0.493 e. The number of carbonyl (C=O) groups is 2. The van der Waals surface area contributed by atoms with E-state index in [4.69, 9.17) is 18.9 Å². The molecule has 0 unspecified atom stereocenters. The highest BCUT2D eigenvalue weighted by Gasteiger charge is 2.41. The zero-order chi connectivity index (χ0) is 25.1. The van der Waals surface area contributed by atoms with E-state index in [9.17, 15) is 9.59 Å². The van der Waals surface area contributed by atoms with Crippen molar-refractivity contribution >= 4 is 17.5 Å². The van der Waals surface area contributed by atoms with Crippen molar-refractivity contribution in [3.63, 3.8) is 0 Å². The summed E-state index contributed by atoms with van der Waals surface area (Å²) in [5.41, 5.74) is 1.19. The third-order valence-electron chi connectivity index (χ3n) is 7.19. The van der Waals surface area contributed by atoms with Crippen molar-refractivity contribution < 1.29 is 28.5 Å². The molecule has 3 aliphatic rings. The topological polar surface area (TPSA) is 89.6 Å². The Morgan fingerprint density at radius 1 is 1.03 bits per heavy atom. The number of anilines is 1. The van der Waals surface area contributed by atoms with Crippen LogP contribution in [-0.2, 0) is 4.79 Å². The lowest BCUT2D eigenvalue weighted by atomic mass is 9.98. The molecule has 9 heteroatoms. The van der Waals surface area contributed by atoms with Crippen LogP contribution < -0.4 is 24.3 Å². The second-order valence-corrected chi connectivity index (χ2v) is 9.46. The monoisotopic (exact) mass is 495 g/mol. The average Bonchev–Trinajstić information content (AvgIpc) is 3.18. The molecule has 192 valence electrons. The number of fused-ring (bicyclic) bond motifs is 2. The van der Waals surface area contributed by atoms with Crippen LogP contribution in [-0.4, -0.2) is 81.3 Å². The maximum Gasteiger partial charge on any atom is 0.258 e. The summed E-state index contributed by atoms with van der Waals surface area (Å²) in [5.74, 6) is 2.52. The molecule has 3 heterocycles. The number of para-hydroxylation sites is 1. The summed E-state index contributed by atoms with van der Waals surface area (Å²) in [5, 5.41) is 2.97. The van der Waals surface area contributed by atoms with Crippen molar-refractivity contribution in [1.29, 1.82) is 0 Å². The summed E-state index contributed by atoms with van der Waals surface area (Å²) in [6.07, 6.45) is 3.08. The Morgan fingerprint density at radius 3 is 2.67 bits per heavy atom. The van der Waals surface area contributed by atoms with Crippen LogP contribution in [0.3, 0.4) is 0 Å². The molecule has 0 spiro atoms. The third kappa shape index (κ3) is 4.93. The van der Waals surface area contributed by atoms with E-state index in [2.05, 4.69) is 10.2 Å². The number of hydrogen-bond acceptors (Lipinski definition) is 7. The van der Waals surface area contributed by atoms with Crippen molar-refractivity contribution in [1.82, 2.24) is 9.80 Å². The second-order valence-electron chi connectivity index (χ2n) is 9.46. The van der Waals surface area contributed by atoms with Gasteiger partial charge in [0.2, 0.25) is 5.91 Å². The Hall–Kier alpha value is -3.46. The lowest BCUT2D eigenvalue weighted by molar-refractivity contribution is -0.117. The molecule has 0 radical (unpaired) electrons. The number of ether oxygens (including phenoxy) is 4. The SMILES string of the molecule is COc1cccc(C(=O)N2CCCC[C@H]3CN(CC(=O)Nc4ccc5c(c4)OCCO5)C[C@H]32)c1OC. The van der Waals surface area contributed by atoms with E-state index in [1.807, 2.05) is 23.1 Å². The summed E-state index contributed by atoms with van der Waals surface area (Å²) < 4.78 is 22.1. The maximum atomic E-state index is 13.7. The van der Waals surface area contributed by atoms with Gasteiger partial charge in [0.25, 0.3) is 5.91 Å². The summed E-state index contributed by atoms with van der Waals surface area (Å²) in [6.45, 7) is 3.44. The van der Waals surface area contributed by atoms with Gasteiger partial charge in [0.05, 0.1) is 26.3 Å². The molecule has 3 aliphatic heterocycles. The molecule has 0 saturated carbocycles. The molecule has 0 aliphatic carbocycles. The Morgan fingerprint density at radius 2 is 1.86 bits per heavy atom. The van der Waals surface area contributed by atoms with E-state index in [-0.39, 0.29) is 24.4 Å². The van der Waals surface area contributed by atoms with Crippen LogP contribution in [0, 0.1) is 5.92 Å². The summed E-state index contributed by atoms with van der Waals surface area (Å²) in [7, 11) is 3.12. The van der Waals surface area contributed by atoms with Gasteiger partial charge in [0.15, 0.2) is 23.0 Å². The van der Waals surface area contributed by atoms with Gasteiger partial charge in [-0.2, -0.15) is 0 Å². The fourth-order valence-electron chi connectivity index (χ4n) is 5.55. The first kappa shape index (κ1) is 24.2. The van der Waals surface area contributed by atoms with Gasteiger partial charge in [-0.25, -0.2) is 0 Å². The number of likely N-dealkylation sites (tertiary alicyclic amines) is 2. The van der Waals surface area contributed by atoms with E-state index >= 15 is 0 Å². The van der Waals surface area contributed by atoms with Crippen molar-refractivity contribution in [2.24, 2.45) is 5.92 Å². The van der Waals surface area contributed by atoms with Crippen LogP contribution in [0.25, 0.3) is 0 Å². The highest BCUT2D eigenvalue weighted by Crippen LogP contribution is 2.36. The Kier molecular flexibility index (Phi) is 7.18. The summed E-state index contributed by atoms with van der Waals surface area (Å²) >= 11 is 0. The minimum atomic E-state index is -0.0875. The normalized spacial score (nSPS) is 21.3. The van der Waals surface area contributed by atoms with Crippen LogP contribution in [0.4, 0.5) is 5.69 Å². The van der Waals surface area contributed by atoms with Gasteiger partial charge < -0.3 is 29.2 Å². The molecule has 9 nitrogen and oxygen atoms in total. The van der Waals surface area contributed by atoms with E-state index in [1.54, 1.807) is 32.4 Å². The van der Waals surface area contributed by atoms with Gasteiger partial charge in [-0.05, 0) is 43.0 Å². The van der Waals surface area contributed by atoms with Gasteiger partial charge in [0, 0.05) is 37.4 Å². The number of nitrogens with zero attached hydrogens (tertiary/aromatic N) is 2.